The highest BCUT2D eigenvalue weighted by Gasteiger charge is 2.35. The van der Waals surface area contributed by atoms with Gasteiger partial charge >= 0.3 is 11.7 Å². The van der Waals surface area contributed by atoms with E-state index >= 15 is 0 Å². The van der Waals surface area contributed by atoms with Crippen molar-refractivity contribution < 1.29 is 19.4 Å². The minimum absolute atomic E-state index is 0.0103. The van der Waals surface area contributed by atoms with Crippen LogP contribution >= 0.6 is 0 Å². The zero-order valence-corrected chi connectivity index (χ0v) is 14.6. The molecule has 0 fully saturated rings. The molecular weight excluding hydrogens is 332 g/mol. The van der Waals surface area contributed by atoms with Gasteiger partial charge in [0.25, 0.3) is 5.69 Å². The van der Waals surface area contributed by atoms with Crippen LogP contribution in [-0.4, -0.2) is 27.1 Å². The third-order valence-electron chi connectivity index (χ3n) is 3.91. The highest BCUT2D eigenvalue weighted by Crippen LogP contribution is 2.30. The number of anilines is 1. The van der Waals surface area contributed by atoms with Gasteiger partial charge in [-0.15, -0.1) is 0 Å². The number of nitro groups is 2. The van der Waals surface area contributed by atoms with Crippen LogP contribution in [0, 0.1) is 26.1 Å². The summed E-state index contributed by atoms with van der Waals surface area (Å²) in [7, 11) is 0. The second kappa shape index (κ2) is 7.69. The molecule has 1 N–H and O–H groups in total. The van der Waals surface area contributed by atoms with Crippen molar-refractivity contribution in [3.63, 3.8) is 0 Å². The first kappa shape index (κ1) is 20.0. The van der Waals surface area contributed by atoms with E-state index in [4.69, 9.17) is 4.74 Å². The molecule has 0 aromatic heterocycles. The van der Waals surface area contributed by atoms with Crippen molar-refractivity contribution in [2.75, 3.05) is 5.43 Å². The van der Waals surface area contributed by atoms with Gasteiger partial charge in [-0.2, -0.15) is 5.10 Å². The maximum absolute atomic E-state index is 11.3. The molecule has 0 radical (unpaired) electrons. The van der Waals surface area contributed by atoms with Crippen LogP contribution in [0.25, 0.3) is 0 Å². The fourth-order valence-corrected chi connectivity index (χ4v) is 2.04. The maximum Gasteiger partial charge on any atom is 0.303 e. The third kappa shape index (κ3) is 4.72. The summed E-state index contributed by atoms with van der Waals surface area (Å²) in [6.07, 6.45) is 0. The monoisotopic (exact) mass is 352 g/mol. The molecule has 0 aliphatic carbocycles. The zero-order chi connectivity index (χ0) is 19.4. The number of nitrogens with one attached hydrogen (secondary N) is 1. The summed E-state index contributed by atoms with van der Waals surface area (Å²) in [6, 6.07) is 3.18. The van der Waals surface area contributed by atoms with Gasteiger partial charge in [0, 0.05) is 13.0 Å². The molecule has 0 heterocycles. The lowest BCUT2D eigenvalue weighted by atomic mass is 9.88. The predicted molar refractivity (Wildman–Crippen MR) is 91.5 cm³/mol. The lowest BCUT2D eigenvalue weighted by Crippen LogP contribution is -2.43. The number of esters is 1. The van der Waals surface area contributed by atoms with Crippen LogP contribution in [0.2, 0.25) is 0 Å². The molecule has 0 amide bonds. The molecule has 0 bridgehead atoms. The number of rotatable bonds is 7. The summed E-state index contributed by atoms with van der Waals surface area (Å²) < 4.78 is 5.34. The minimum Gasteiger partial charge on any atom is -0.453 e. The fraction of sp³-hybridized carbons (Fsp3) is 0.467. The smallest absolute Gasteiger partial charge is 0.303 e. The number of non-ortho nitro benzene ring substituents is 1. The number of hydrogen-bond acceptors (Lipinski definition) is 8. The van der Waals surface area contributed by atoms with Crippen LogP contribution < -0.4 is 5.43 Å². The van der Waals surface area contributed by atoms with Crippen molar-refractivity contribution >= 4 is 28.7 Å². The van der Waals surface area contributed by atoms with E-state index in [0.717, 1.165) is 12.1 Å². The molecule has 1 aromatic rings. The summed E-state index contributed by atoms with van der Waals surface area (Å²) in [5.41, 5.74) is 1.02. The zero-order valence-electron chi connectivity index (χ0n) is 14.6. The summed E-state index contributed by atoms with van der Waals surface area (Å²) in [5, 5.41) is 25.9. The molecule has 0 aliphatic heterocycles. The molecule has 25 heavy (non-hydrogen) atoms. The Morgan fingerprint density at radius 3 is 2.28 bits per heavy atom. The Morgan fingerprint density at radius 1 is 1.24 bits per heavy atom. The van der Waals surface area contributed by atoms with Gasteiger partial charge in [-0.05, 0) is 25.8 Å². The maximum atomic E-state index is 11.3. The first-order valence-corrected chi connectivity index (χ1v) is 7.42. The van der Waals surface area contributed by atoms with Gasteiger partial charge in [-0.3, -0.25) is 30.4 Å². The SMILES string of the molecule is CC(=O)OC(C)(C(C)=NNc1ccc([N+](=O)[O-])cc1[N+](=O)[O-])C(C)C. The van der Waals surface area contributed by atoms with Crippen LogP contribution in [-0.2, 0) is 9.53 Å². The van der Waals surface area contributed by atoms with Crippen molar-refractivity contribution in [2.24, 2.45) is 11.0 Å². The average molecular weight is 352 g/mol. The van der Waals surface area contributed by atoms with Gasteiger partial charge < -0.3 is 4.74 Å². The second-order valence-corrected chi connectivity index (χ2v) is 5.88. The molecule has 0 saturated carbocycles. The Labute approximate surface area is 144 Å². The van der Waals surface area contributed by atoms with Crippen LogP contribution in [0.3, 0.4) is 0 Å². The van der Waals surface area contributed by atoms with Crippen LogP contribution in [0.15, 0.2) is 23.3 Å². The molecule has 136 valence electrons. The number of carbonyl (C=O) groups is 1. The van der Waals surface area contributed by atoms with Gasteiger partial charge in [0.2, 0.25) is 0 Å². The Morgan fingerprint density at radius 2 is 1.84 bits per heavy atom. The number of carbonyl (C=O) groups excluding carboxylic acids is 1. The highest BCUT2D eigenvalue weighted by molar-refractivity contribution is 5.92. The Bertz CT molecular complexity index is 731. The Kier molecular flexibility index (Phi) is 6.15. The second-order valence-electron chi connectivity index (χ2n) is 5.88. The summed E-state index contributed by atoms with van der Waals surface area (Å²) >= 11 is 0. The standard InChI is InChI=1S/C15H20N4O6/c1-9(2)15(5,25-11(4)20)10(3)16-17-13-7-6-12(18(21)22)8-14(13)19(23)24/h6-9,17H,1-5H3. The number of hydrazone groups is 1. The topological polar surface area (TPSA) is 137 Å². The third-order valence-corrected chi connectivity index (χ3v) is 3.91. The molecule has 0 spiro atoms. The van der Waals surface area contributed by atoms with Gasteiger partial charge in [0.15, 0.2) is 5.60 Å². The van der Waals surface area contributed by atoms with E-state index in [2.05, 4.69) is 10.5 Å². The number of nitrogens with zero attached hydrogens (tertiary/aromatic N) is 3. The van der Waals surface area contributed by atoms with E-state index in [0.29, 0.717) is 5.71 Å². The first-order valence-electron chi connectivity index (χ1n) is 7.42. The summed E-state index contributed by atoms with van der Waals surface area (Å²) in [4.78, 5) is 31.7. The van der Waals surface area contributed by atoms with Gasteiger partial charge in [0.05, 0.1) is 21.6 Å². The minimum atomic E-state index is -1.01. The Hall–Kier alpha value is -3.04. The molecule has 1 aromatic carbocycles. The van der Waals surface area contributed by atoms with Gasteiger partial charge in [-0.25, -0.2) is 0 Å². The normalized spacial score (nSPS) is 13.9. The van der Waals surface area contributed by atoms with E-state index in [-0.39, 0.29) is 11.6 Å². The van der Waals surface area contributed by atoms with Crippen molar-refractivity contribution in [3.05, 3.63) is 38.4 Å². The molecule has 10 heteroatoms. The van der Waals surface area contributed by atoms with E-state index in [1.165, 1.54) is 13.0 Å². The van der Waals surface area contributed by atoms with Gasteiger partial charge in [-0.1, -0.05) is 13.8 Å². The molecule has 1 rings (SSSR count). The van der Waals surface area contributed by atoms with Crippen molar-refractivity contribution in [2.45, 2.75) is 40.2 Å². The van der Waals surface area contributed by atoms with Crippen molar-refractivity contribution in [1.29, 1.82) is 0 Å². The molecular formula is C15H20N4O6. The van der Waals surface area contributed by atoms with E-state index < -0.39 is 32.8 Å². The summed E-state index contributed by atoms with van der Waals surface area (Å²) in [6.45, 7) is 8.27. The lowest BCUT2D eigenvalue weighted by molar-refractivity contribution is -0.393. The molecule has 10 nitrogen and oxygen atoms in total. The highest BCUT2D eigenvalue weighted by atomic mass is 16.6. The molecule has 0 aliphatic rings. The number of hydrogen-bond donors (Lipinski definition) is 1. The van der Waals surface area contributed by atoms with E-state index in [1.807, 2.05) is 13.8 Å². The molecule has 1 unspecified atom stereocenters. The summed E-state index contributed by atoms with van der Waals surface area (Å²) in [5.74, 6) is -0.583. The van der Waals surface area contributed by atoms with E-state index in [9.17, 15) is 25.0 Å². The van der Waals surface area contributed by atoms with Crippen molar-refractivity contribution in [3.8, 4) is 0 Å². The van der Waals surface area contributed by atoms with Gasteiger partial charge in [0.1, 0.15) is 5.69 Å². The van der Waals surface area contributed by atoms with Crippen LogP contribution in [0.1, 0.15) is 34.6 Å². The van der Waals surface area contributed by atoms with Crippen LogP contribution in [0.4, 0.5) is 17.1 Å². The quantitative estimate of drug-likeness (QED) is 0.344. The van der Waals surface area contributed by atoms with E-state index in [1.54, 1.807) is 13.8 Å². The van der Waals surface area contributed by atoms with Crippen molar-refractivity contribution in [1.82, 2.24) is 0 Å². The average Bonchev–Trinajstić information content (AvgIpc) is 2.51. The number of nitro benzene ring substituents is 2. The first-order chi connectivity index (χ1) is 11.5. The predicted octanol–water partition coefficient (Wildman–Crippen LogP) is 3.27. The fourth-order valence-electron chi connectivity index (χ4n) is 2.04. The molecule has 0 saturated heterocycles. The lowest BCUT2D eigenvalue weighted by Gasteiger charge is -2.32. The number of benzene rings is 1. The number of ether oxygens (including phenoxy) is 1. The largest absolute Gasteiger partial charge is 0.453 e. The van der Waals surface area contributed by atoms with Crippen LogP contribution in [0.5, 0.6) is 0 Å². The Balaban J connectivity index is 3.20. The molecule has 1 atom stereocenters.